The summed E-state index contributed by atoms with van der Waals surface area (Å²) < 4.78 is 0. The molecule has 1 aromatic rings. The van der Waals surface area contributed by atoms with Crippen LogP contribution < -0.4 is 10.6 Å². The highest BCUT2D eigenvalue weighted by Gasteiger charge is 2.39. The van der Waals surface area contributed by atoms with Gasteiger partial charge in [-0.2, -0.15) is 0 Å². The lowest BCUT2D eigenvalue weighted by molar-refractivity contribution is -0.124. The summed E-state index contributed by atoms with van der Waals surface area (Å²) in [7, 11) is 0. The molecule has 1 aliphatic rings. The fraction of sp³-hybridized carbons (Fsp3) is 0.467. The number of carboxylic acids is 1. The standard InChI is InChI=1S/C15H20N2O3/c1-3-15(7-8-16-9-15)14(20)17-11-6-4-5-10(2)12(11)13(18)19/h4-6,16H,3,7-9H2,1-2H3,(H,17,20)(H,18,19). The highest BCUT2D eigenvalue weighted by Crippen LogP contribution is 2.31. The lowest BCUT2D eigenvalue weighted by Gasteiger charge is -2.25. The molecule has 0 aliphatic carbocycles. The highest BCUT2D eigenvalue weighted by atomic mass is 16.4. The van der Waals surface area contributed by atoms with Gasteiger partial charge in [0.05, 0.1) is 16.7 Å². The molecule has 1 aromatic carbocycles. The number of carboxylic acid groups (broad SMARTS) is 1. The van der Waals surface area contributed by atoms with E-state index in [1.54, 1.807) is 25.1 Å². The first-order valence-corrected chi connectivity index (χ1v) is 6.85. The van der Waals surface area contributed by atoms with Crippen LogP contribution in [0.15, 0.2) is 18.2 Å². The molecule has 3 N–H and O–H groups in total. The Labute approximate surface area is 118 Å². The van der Waals surface area contributed by atoms with Crippen molar-refractivity contribution in [2.24, 2.45) is 5.41 Å². The van der Waals surface area contributed by atoms with Gasteiger partial charge in [-0.05, 0) is 37.9 Å². The topological polar surface area (TPSA) is 78.4 Å². The SMILES string of the molecule is CCC1(C(=O)Nc2cccc(C)c2C(=O)O)CCNC1. The number of aryl methyl sites for hydroxylation is 1. The second-order valence-electron chi connectivity index (χ2n) is 5.32. The lowest BCUT2D eigenvalue weighted by atomic mass is 9.83. The lowest BCUT2D eigenvalue weighted by Crippen LogP contribution is -2.38. The van der Waals surface area contributed by atoms with E-state index < -0.39 is 11.4 Å². The monoisotopic (exact) mass is 276 g/mol. The molecule has 0 bridgehead atoms. The Bertz CT molecular complexity index is 534. The van der Waals surface area contributed by atoms with Crippen molar-refractivity contribution in [2.45, 2.75) is 26.7 Å². The van der Waals surface area contributed by atoms with Crippen LogP contribution in [0.2, 0.25) is 0 Å². The van der Waals surface area contributed by atoms with E-state index in [0.717, 1.165) is 19.4 Å². The maximum atomic E-state index is 12.5. The summed E-state index contributed by atoms with van der Waals surface area (Å²) >= 11 is 0. The Hall–Kier alpha value is -1.88. The molecule has 0 radical (unpaired) electrons. The van der Waals surface area contributed by atoms with Gasteiger partial charge >= 0.3 is 5.97 Å². The third kappa shape index (κ3) is 2.54. The minimum Gasteiger partial charge on any atom is -0.478 e. The number of carbonyl (C=O) groups is 2. The average molecular weight is 276 g/mol. The van der Waals surface area contributed by atoms with E-state index in [1.165, 1.54) is 0 Å². The summed E-state index contributed by atoms with van der Waals surface area (Å²) in [5, 5.41) is 15.3. The second-order valence-corrected chi connectivity index (χ2v) is 5.32. The fourth-order valence-electron chi connectivity index (χ4n) is 2.71. The van der Waals surface area contributed by atoms with Crippen LogP contribution in [0.5, 0.6) is 0 Å². The third-order valence-electron chi connectivity index (χ3n) is 4.14. The first kappa shape index (κ1) is 14.5. The predicted octanol–water partition coefficient (Wildman–Crippen LogP) is 2.02. The number of nitrogens with one attached hydrogen (secondary N) is 2. The molecule has 1 atom stereocenters. The number of benzene rings is 1. The summed E-state index contributed by atoms with van der Waals surface area (Å²) in [6.45, 7) is 5.18. The van der Waals surface area contributed by atoms with Gasteiger partial charge in [0, 0.05) is 6.54 Å². The smallest absolute Gasteiger partial charge is 0.338 e. The zero-order valence-electron chi connectivity index (χ0n) is 11.8. The van der Waals surface area contributed by atoms with Gasteiger partial charge in [0.1, 0.15) is 0 Å². The van der Waals surface area contributed by atoms with Crippen LogP contribution in [-0.2, 0) is 4.79 Å². The maximum Gasteiger partial charge on any atom is 0.338 e. The number of anilines is 1. The van der Waals surface area contributed by atoms with Crippen molar-refractivity contribution in [1.82, 2.24) is 5.32 Å². The number of hydrogen-bond donors (Lipinski definition) is 3. The van der Waals surface area contributed by atoms with Crippen LogP contribution in [0.25, 0.3) is 0 Å². The van der Waals surface area contributed by atoms with E-state index in [0.29, 0.717) is 17.8 Å². The Balaban J connectivity index is 2.28. The summed E-state index contributed by atoms with van der Waals surface area (Å²) in [5.41, 5.74) is 0.755. The summed E-state index contributed by atoms with van der Waals surface area (Å²) in [6, 6.07) is 5.12. The zero-order chi connectivity index (χ0) is 14.8. The number of carbonyl (C=O) groups excluding carboxylic acids is 1. The summed E-state index contributed by atoms with van der Waals surface area (Å²) in [5.74, 6) is -1.12. The molecule has 108 valence electrons. The fourth-order valence-corrected chi connectivity index (χ4v) is 2.71. The van der Waals surface area contributed by atoms with Gasteiger partial charge in [0.15, 0.2) is 0 Å². The summed E-state index contributed by atoms with van der Waals surface area (Å²) in [4.78, 5) is 23.8. The molecule has 1 saturated heterocycles. The van der Waals surface area contributed by atoms with Crippen LogP contribution in [0, 0.1) is 12.3 Å². The van der Waals surface area contributed by atoms with Crippen LogP contribution in [0.1, 0.15) is 35.7 Å². The first-order valence-electron chi connectivity index (χ1n) is 6.85. The molecule has 5 nitrogen and oxygen atoms in total. The molecule has 2 rings (SSSR count). The molecule has 1 amide bonds. The molecular weight excluding hydrogens is 256 g/mol. The van der Waals surface area contributed by atoms with Gasteiger partial charge in [0.25, 0.3) is 0 Å². The molecule has 1 unspecified atom stereocenters. The van der Waals surface area contributed by atoms with Crippen LogP contribution in [0.4, 0.5) is 5.69 Å². The largest absolute Gasteiger partial charge is 0.478 e. The van der Waals surface area contributed by atoms with E-state index in [4.69, 9.17) is 0 Å². The Morgan fingerprint density at radius 2 is 2.20 bits per heavy atom. The van der Waals surface area contributed by atoms with Crippen molar-refractivity contribution in [3.63, 3.8) is 0 Å². The van der Waals surface area contributed by atoms with Gasteiger partial charge in [-0.25, -0.2) is 4.79 Å². The van der Waals surface area contributed by atoms with Gasteiger partial charge in [-0.15, -0.1) is 0 Å². The first-order chi connectivity index (χ1) is 9.50. The van der Waals surface area contributed by atoms with Crippen molar-refractivity contribution in [3.05, 3.63) is 29.3 Å². The molecule has 0 saturated carbocycles. The zero-order valence-corrected chi connectivity index (χ0v) is 11.8. The normalized spacial score (nSPS) is 21.7. The molecule has 0 spiro atoms. The van der Waals surface area contributed by atoms with E-state index in [2.05, 4.69) is 10.6 Å². The van der Waals surface area contributed by atoms with Gasteiger partial charge in [-0.1, -0.05) is 19.1 Å². The van der Waals surface area contributed by atoms with Gasteiger partial charge < -0.3 is 15.7 Å². The molecule has 20 heavy (non-hydrogen) atoms. The quantitative estimate of drug-likeness (QED) is 0.786. The van der Waals surface area contributed by atoms with E-state index in [9.17, 15) is 14.7 Å². The van der Waals surface area contributed by atoms with Crippen LogP contribution in [0.3, 0.4) is 0 Å². The number of amides is 1. The number of rotatable bonds is 4. The van der Waals surface area contributed by atoms with Crippen molar-refractivity contribution in [2.75, 3.05) is 18.4 Å². The molecular formula is C15H20N2O3. The van der Waals surface area contributed by atoms with Crippen molar-refractivity contribution < 1.29 is 14.7 Å². The number of hydrogen-bond acceptors (Lipinski definition) is 3. The molecule has 5 heteroatoms. The van der Waals surface area contributed by atoms with Crippen molar-refractivity contribution >= 4 is 17.6 Å². The van der Waals surface area contributed by atoms with Crippen molar-refractivity contribution in [1.29, 1.82) is 0 Å². The van der Waals surface area contributed by atoms with Crippen LogP contribution in [-0.4, -0.2) is 30.1 Å². The van der Waals surface area contributed by atoms with E-state index >= 15 is 0 Å². The summed E-state index contributed by atoms with van der Waals surface area (Å²) in [6.07, 6.45) is 1.52. The predicted molar refractivity (Wildman–Crippen MR) is 77.0 cm³/mol. The highest BCUT2D eigenvalue weighted by molar-refractivity contribution is 6.03. The number of aromatic carboxylic acids is 1. The maximum absolute atomic E-state index is 12.5. The van der Waals surface area contributed by atoms with Crippen molar-refractivity contribution in [3.8, 4) is 0 Å². The molecule has 0 aromatic heterocycles. The Kier molecular flexibility index (Phi) is 4.09. The van der Waals surface area contributed by atoms with Crippen LogP contribution >= 0.6 is 0 Å². The Morgan fingerprint density at radius 3 is 2.75 bits per heavy atom. The molecule has 1 aliphatic heterocycles. The molecule has 1 heterocycles. The van der Waals surface area contributed by atoms with E-state index in [-0.39, 0.29) is 11.5 Å². The average Bonchev–Trinajstić information content (AvgIpc) is 2.88. The van der Waals surface area contributed by atoms with Gasteiger partial charge in [0.2, 0.25) is 5.91 Å². The third-order valence-corrected chi connectivity index (χ3v) is 4.14. The second kappa shape index (κ2) is 5.63. The minimum absolute atomic E-state index is 0.0990. The van der Waals surface area contributed by atoms with E-state index in [1.807, 2.05) is 6.92 Å². The molecule has 1 fully saturated rings. The Morgan fingerprint density at radius 1 is 1.45 bits per heavy atom. The van der Waals surface area contributed by atoms with Gasteiger partial charge in [-0.3, -0.25) is 4.79 Å². The minimum atomic E-state index is -1.02.